The van der Waals surface area contributed by atoms with Gasteiger partial charge in [0.1, 0.15) is 0 Å². The molecule has 0 fully saturated rings. The van der Waals surface area contributed by atoms with Crippen LogP contribution in [-0.4, -0.2) is 0 Å². The van der Waals surface area contributed by atoms with Crippen molar-refractivity contribution in [3.05, 3.63) is 34.3 Å². The molecule has 0 radical (unpaired) electrons. The van der Waals surface area contributed by atoms with E-state index in [1.54, 1.807) is 0 Å². The highest BCUT2D eigenvalue weighted by molar-refractivity contribution is 6.30. The minimum atomic E-state index is 0.617. The molecule has 1 aromatic carbocycles. The molecule has 0 unspecified atom stereocenters. The Bertz CT molecular complexity index is 305. The number of halogens is 1. The van der Waals surface area contributed by atoms with Gasteiger partial charge in [0, 0.05) is 11.4 Å². The Morgan fingerprint density at radius 1 is 1.38 bits per heavy atom. The van der Waals surface area contributed by atoms with Crippen molar-refractivity contribution >= 4 is 11.6 Å². The topological polar surface area (TPSA) is 23.8 Å². The third-order valence-corrected chi connectivity index (χ3v) is 2.07. The van der Waals surface area contributed by atoms with Crippen LogP contribution in [0.5, 0.6) is 0 Å². The van der Waals surface area contributed by atoms with Crippen LogP contribution in [0.15, 0.2) is 18.2 Å². The summed E-state index contributed by atoms with van der Waals surface area (Å²) in [6.45, 7) is 2.03. The number of nitriles is 1. The van der Waals surface area contributed by atoms with Gasteiger partial charge in [-0.05, 0) is 43.0 Å². The van der Waals surface area contributed by atoms with Gasteiger partial charge in [0.15, 0.2) is 0 Å². The van der Waals surface area contributed by atoms with Crippen molar-refractivity contribution in [3.8, 4) is 6.07 Å². The summed E-state index contributed by atoms with van der Waals surface area (Å²) in [5.41, 5.74) is 2.40. The monoisotopic (exact) mass is 193 g/mol. The Morgan fingerprint density at radius 3 is 2.77 bits per heavy atom. The van der Waals surface area contributed by atoms with Crippen LogP contribution in [0, 0.1) is 18.3 Å². The number of hydrogen-bond donors (Lipinski definition) is 0. The molecule has 0 saturated heterocycles. The number of nitrogens with zero attached hydrogens (tertiary/aromatic N) is 1. The minimum absolute atomic E-state index is 0.617. The van der Waals surface area contributed by atoms with E-state index in [1.807, 2.05) is 19.1 Å². The van der Waals surface area contributed by atoms with Gasteiger partial charge < -0.3 is 0 Å². The van der Waals surface area contributed by atoms with E-state index < -0.39 is 0 Å². The second kappa shape index (κ2) is 4.89. The molecule has 68 valence electrons. The van der Waals surface area contributed by atoms with Crippen molar-refractivity contribution in [2.24, 2.45) is 0 Å². The van der Waals surface area contributed by atoms with E-state index in [0.717, 1.165) is 17.9 Å². The van der Waals surface area contributed by atoms with Crippen molar-refractivity contribution in [3.63, 3.8) is 0 Å². The Morgan fingerprint density at radius 2 is 2.15 bits per heavy atom. The zero-order valence-electron chi connectivity index (χ0n) is 7.68. The first kappa shape index (κ1) is 10.1. The molecule has 2 heteroatoms. The van der Waals surface area contributed by atoms with Crippen molar-refractivity contribution < 1.29 is 0 Å². The molecule has 0 heterocycles. The van der Waals surface area contributed by atoms with Gasteiger partial charge in [0.25, 0.3) is 0 Å². The maximum atomic E-state index is 8.38. The van der Waals surface area contributed by atoms with Gasteiger partial charge in [-0.1, -0.05) is 17.7 Å². The van der Waals surface area contributed by atoms with Crippen molar-refractivity contribution in [2.45, 2.75) is 26.2 Å². The molecule has 0 aliphatic rings. The smallest absolute Gasteiger partial charge is 0.0621 e. The third kappa shape index (κ3) is 3.48. The Kier molecular flexibility index (Phi) is 3.79. The SMILES string of the molecule is Cc1cc(Cl)cc(CCCC#N)c1. The molecule has 1 nitrogen and oxygen atoms in total. The van der Waals surface area contributed by atoms with Crippen LogP contribution in [0.1, 0.15) is 24.0 Å². The van der Waals surface area contributed by atoms with Crippen LogP contribution < -0.4 is 0 Å². The average Bonchev–Trinajstić information content (AvgIpc) is 2.03. The molecule has 13 heavy (non-hydrogen) atoms. The highest BCUT2D eigenvalue weighted by Crippen LogP contribution is 2.16. The molecule has 0 amide bonds. The molecule has 1 aromatic rings. The van der Waals surface area contributed by atoms with Crippen molar-refractivity contribution in [1.82, 2.24) is 0 Å². The molecule has 0 aromatic heterocycles. The van der Waals surface area contributed by atoms with Gasteiger partial charge in [-0.3, -0.25) is 0 Å². The zero-order valence-corrected chi connectivity index (χ0v) is 8.43. The van der Waals surface area contributed by atoms with E-state index in [4.69, 9.17) is 16.9 Å². The number of rotatable bonds is 3. The highest BCUT2D eigenvalue weighted by atomic mass is 35.5. The number of aryl methyl sites for hydroxylation is 2. The van der Waals surface area contributed by atoms with E-state index in [1.165, 1.54) is 11.1 Å². The first-order chi connectivity index (χ1) is 6.22. The summed E-state index contributed by atoms with van der Waals surface area (Å²) < 4.78 is 0. The first-order valence-electron chi connectivity index (χ1n) is 4.35. The Hall–Kier alpha value is -1.00. The van der Waals surface area contributed by atoms with E-state index in [2.05, 4.69) is 12.1 Å². The van der Waals surface area contributed by atoms with Crippen LogP contribution in [0.4, 0.5) is 0 Å². The van der Waals surface area contributed by atoms with Gasteiger partial charge in [0.05, 0.1) is 6.07 Å². The third-order valence-electron chi connectivity index (χ3n) is 1.86. The predicted octanol–water partition coefficient (Wildman–Crippen LogP) is 3.49. The van der Waals surface area contributed by atoms with Crippen LogP contribution in [0.25, 0.3) is 0 Å². The normalized spacial score (nSPS) is 9.62. The molecule has 0 saturated carbocycles. The number of unbranched alkanes of at least 4 members (excludes halogenated alkanes) is 1. The lowest BCUT2D eigenvalue weighted by molar-refractivity contribution is 0.849. The van der Waals surface area contributed by atoms with E-state index in [-0.39, 0.29) is 0 Å². The average molecular weight is 194 g/mol. The van der Waals surface area contributed by atoms with Crippen molar-refractivity contribution in [1.29, 1.82) is 5.26 Å². The maximum Gasteiger partial charge on any atom is 0.0621 e. The van der Waals surface area contributed by atoms with E-state index >= 15 is 0 Å². The molecule has 0 bridgehead atoms. The molecule has 0 atom stereocenters. The minimum Gasteiger partial charge on any atom is -0.198 e. The van der Waals surface area contributed by atoms with E-state index in [0.29, 0.717) is 6.42 Å². The molecular formula is C11H12ClN. The maximum absolute atomic E-state index is 8.38. The quantitative estimate of drug-likeness (QED) is 0.675. The van der Waals surface area contributed by atoms with Gasteiger partial charge in [-0.2, -0.15) is 5.26 Å². The summed E-state index contributed by atoms with van der Waals surface area (Å²) in [7, 11) is 0. The summed E-state index contributed by atoms with van der Waals surface area (Å²) in [5.74, 6) is 0. The lowest BCUT2D eigenvalue weighted by atomic mass is 10.1. The second-order valence-corrected chi connectivity index (χ2v) is 3.58. The summed E-state index contributed by atoms with van der Waals surface area (Å²) in [6, 6.07) is 8.15. The zero-order chi connectivity index (χ0) is 9.68. The number of benzene rings is 1. The van der Waals surface area contributed by atoms with Gasteiger partial charge in [-0.25, -0.2) is 0 Å². The fourth-order valence-electron chi connectivity index (χ4n) is 1.33. The summed E-state index contributed by atoms with van der Waals surface area (Å²) >= 11 is 5.90. The largest absolute Gasteiger partial charge is 0.198 e. The molecule has 0 aliphatic carbocycles. The van der Waals surface area contributed by atoms with Crippen molar-refractivity contribution in [2.75, 3.05) is 0 Å². The van der Waals surface area contributed by atoms with Gasteiger partial charge in [0.2, 0.25) is 0 Å². The van der Waals surface area contributed by atoms with Gasteiger partial charge >= 0.3 is 0 Å². The lowest BCUT2D eigenvalue weighted by Gasteiger charge is -2.01. The Labute approximate surface area is 84.0 Å². The van der Waals surface area contributed by atoms with Gasteiger partial charge in [-0.15, -0.1) is 0 Å². The first-order valence-corrected chi connectivity index (χ1v) is 4.73. The molecule has 1 rings (SSSR count). The predicted molar refractivity (Wildman–Crippen MR) is 54.7 cm³/mol. The van der Waals surface area contributed by atoms with E-state index in [9.17, 15) is 0 Å². The van der Waals surface area contributed by atoms with Crippen LogP contribution in [0.3, 0.4) is 0 Å². The summed E-state index contributed by atoms with van der Waals surface area (Å²) in [4.78, 5) is 0. The summed E-state index contributed by atoms with van der Waals surface area (Å²) in [5, 5.41) is 9.16. The fraction of sp³-hybridized carbons (Fsp3) is 0.364. The number of hydrogen-bond acceptors (Lipinski definition) is 1. The highest BCUT2D eigenvalue weighted by Gasteiger charge is 1.96. The van der Waals surface area contributed by atoms with Crippen LogP contribution in [0.2, 0.25) is 5.02 Å². The van der Waals surface area contributed by atoms with Crippen LogP contribution in [-0.2, 0) is 6.42 Å². The molecule has 0 aliphatic heterocycles. The molecule has 0 N–H and O–H groups in total. The standard InChI is InChI=1S/C11H12ClN/c1-9-6-10(4-2-3-5-13)8-11(12)7-9/h6-8H,2-4H2,1H3. The Balaban J connectivity index is 2.62. The summed E-state index contributed by atoms with van der Waals surface area (Å²) in [6.07, 6.45) is 2.47. The van der Waals surface area contributed by atoms with Crippen LogP contribution >= 0.6 is 11.6 Å². The lowest BCUT2D eigenvalue weighted by Crippen LogP contribution is -1.86. The molecular weight excluding hydrogens is 182 g/mol. The molecule has 0 spiro atoms. The second-order valence-electron chi connectivity index (χ2n) is 3.15. The fourth-order valence-corrected chi connectivity index (χ4v) is 1.64.